The summed E-state index contributed by atoms with van der Waals surface area (Å²) in [6, 6.07) is 7.39. The van der Waals surface area contributed by atoms with Crippen LogP contribution in [0.15, 0.2) is 59.9 Å². The summed E-state index contributed by atoms with van der Waals surface area (Å²) in [4.78, 5) is 10.8. The van der Waals surface area contributed by atoms with Crippen LogP contribution in [0.25, 0.3) is 5.57 Å². The third-order valence-electron chi connectivity index (χ3n) is 4.02. The first-order valence-electron chi connectivity index (χ1n) is 9.45. The van der Waals surface area contributed by atoms with Gasteiger partial charge in [-0.3, -0.25) is 9.80 Å². The van der Waals surface area contributed by atoms with Gasteiger partial charge >= 0.3 is 5.97 Å². The van der Waals surface area contributed by atoms with E-state index in [0.29, 0.717) is 5.92 Å². The number of carboxylic acid groups (broad SMARTS) is 1. The van der Waals surface area contributed by atoms with E-state index in [2.05, 4.69) is 50.7 Å². The molecule has 1 rings (SSSR count). The zero-order chi connectivity index (χ0) is 20.2. The van der Waals surface area contributed by atoms with Crippen LogP contribution in [0.4, 0.5) is 0 Å². The van der Waals surface area contributed by atoms with Gasteiger partial charge in [0.25, 0.3) is 0 Å². The Morgan fingerprint density at radius 3 is 2.48 bits per heavy atom. The lowest BCUT2D eigenvalue weighted by Gasteiger charge is -2.16. The summed E-state index contributed by atoms with van der Waals surface area (Å²) in [5, 5.41) is 15.2. The molecule has 27 heavy (non-hydrogen) atoms. The third kappa shape index (κ3) is 9.04. The number of benzene rings is 1. The van der Waals surface area contributed by atoms with Crippen LogP contribution < -0.4 is 0 Å². The number of carboxylic acids is 1. The van der Waals surface area contributed by atoms with Crippen LogP contribution in [0.2, 0.25) is 0 Å². The fraction of sp³-hybridized carbons (Fsp3) is 0.391. The molecular formula is C23H32N2O2. The minimum atomic E-state index is -0.831. The molecule has 1 aromatic carbocycles. The molecule has 146 valence electrons. The highest BCUT2D eigenvalue weighted by molar-refractivity contribution is 6.08. The monoisotopic (exact) mass is 368 g/mol. The molecule has 1 aromatic rings. The van der Waals surface area contributed by atoms with E-state index in [1.165, 1.54) is 0 Å². The smallest absolute Gasteiger partial charge is 0.307 e. The lowest BCUT2D eigenvalue weighted by atomic mass is 10.0. The van der Waals surface area contributed by atoms with Crippen molar-refractivity contribution in [2.75, 3.05) is 7.05 Å². The van der Waals surface area contributed by atoms with Gasteiger partial charge in [0.1, 0.15) is 0 Å². The van der Waals surface area contributed by atoms with Crippen molar-refractivity contribution < 1.29 is 9.90 Å². The largest absolute Gasteiger partial charge is 0.481 e. The molecule has 0 fully saturated rings. The summed E-state index contributed by atoms with van der Waals surface area (Å²) < 4.78 is 0. The molecule has 0 aliphatic rings. The van der Waals surface area contributed by atoms with Gasteiger partial charge < -0.3 is 5.11 Å². The van der Waals surface area contributed by atoms with Gasteiger partial charge in [0.2, 0.25) is 0 Å². The molecule has 0 heterocycles. The maximum atomic E-state index is 10.8. The summed E-state index contributed by atoms with van der Waals surface area (Å²) in [5.74, 6) is -0.164. The van der Waals surface area contributed by atoms with Crippen LogP contribution in [0.3, 0.4) is 0 Å². The van der Waals surface area contributed by atoms with E-state index in [9.17, 15) is 4.79 Å². The van der Waals surface area contributed by atoms with Gasteiger partial charge in [-0.1, -0.05) is 69.8 Å². The Balaban J connectivity index is 2.71. The summed E-state index contributed by atoms with van der Waals surface area (Å²) in [6.07, 6.45) is 11.3. The molecule has 0 atom stereocenters. The molecule has 0 spiro atoms. The van der Waals surface area contributed by atoms with Gasteiger partial charge in [0, 0.05) is 19.2 Å². The molecule has 0 radical (unpaired) electrons. The van der Waals surface area contributed by atoms with Gasteiger partial charge in [-0.05, 0) is 35.5 Å². The van der Waals surface area contributed by atoms with Crippen molar-refractivity contribution in [3.63, 3.8) is 0 Å². The lowest BCUT2D eigenvalue weighted by molar-refractivity contribution is -0.136. The lowest BCUT2D eigenvalue weighted by Crippen LogP contribution is -2.10. The van der Waals surface area contributed by atoms with E-state index in [-0.39, 0.29) is 6.42 Å². The number of hydrogen-bond donors (Lipinski definition) is 1. The first kappa shape index (κ1) is 22.4. The number of hydrogen-bond acceptors (Lipinski definition) is 3. The van der Waals surface area contributed by atoms with Crippen molar-refractivity contribution in [2.24, 2.45) is 11.0 Å². The van der Waals surface area contributed by atoms with E-state index >= 15 is 0 Å². The van der Waals surface area contributed by atoms with E-state index in [1.54, 1.807) is 6.21 Å². The van der Waals surface area contributed by atoms with Crippen LogP contribution in [0.1, 0.15) is 51.2 Å². The highest BCUT2D eigenvalue weighted by atomic mass is 16.4. The number of aliphatic carboxylic acids is 1. The molecule has 0 unspecified atom stereocenters. The Morgan fingerprint density at radius 1 is 1.26 bits per heavy atom. The maximum absolute atomic E-state index is 10.8. The Morgan fingerprint density at radius 2 is 1.93 bits per heavy atom. The predicted octanol–water partition coefficient (Wildman–Crippen LogP) is 5.53. The Kier molecular flexibility index (Phi) is 9.88. The SMILES string of the molecule is C=C(/C=N\N(C)/C(=C/CC)C/C=C\CC(C)C)c1ccc(CC(=O)O)cc1. The molecule has 0 bridgehead atoms. The van der Waals surface area contributed by atoms with Crippen molar-refractivity contribution in [3.8, 4) is 0 Å². The second kappa shape index (κ2) is 11.9. The topological polar surface area (TPSA) is 52.9 Å². The molecule has 1 N–H and O–H groups in total. The van der Waals surface area contributed by atoms with Crippen LogP contribution in [-0.4, -0.2) is 29.3 Å². The molecule has 0 amide bonds. The second-order valence-electron chi connectivity index (χ2n) is 6.97. The molecule has 0 saturated carbocycles. The Hall–Kier alpha value is -2.62. The molecule has 4 nitrogen and oxygen atoms in total. The van der Waals surface area contributed by atoms with Crippen molar-refractivity contribution in [3.05, 3.63) is 65.9 Å². The predicted molar refractivity (Wildman–Crippen MR) is 115 cm³/mol. The second-order valence-corrected chi connectivity index (χ2v) is 6.97. The zero-order valence-corrected chi connectivity index (χ0v) is 17.0. The number of carbonyl (C=O) groups is 1. The van der Waals surface area contributed by atoms with Crippen molar-refractivity contribution in [1.82, 2.24) is 5.01 Å². The van der Waals surface area contributed by atoms with Crippen LogP contribution in [0.5, 0.6) is 0 Å². The summed E-state index contributed by atoms with van der Waals surface area (Å²) >= 11 is 0. The minimum Gasteiger partial charge on any atom is -0.481 e. The molecule has 0 saturated heterocycles. The van der Waals surface area contributed by atoms with Crippen LogP contribution in [0, 0.1) is 5.92 Å². The van der Waals surface area contributed by atoms with Gasteiger partial charge in [0.05, 0.1) is 12.6 Å². The van der Waals surface area contributed by atoms with E-state index in [1.807, 2.05) is 36.3 Å². The number of nitrogens with zero attached hydrogens (tertiary/aromatic N) is 2. The fourth-order valence-corrected chi connectivity index (χ4v) is 2.47. The standard InChI is InChI=1S/C23H32N2O2/c1-6-9-22(11-8-7-10-18(2)3)25(5)24-17-19(4)21-14-12-20(13-15-21)16-23(26)27/h7-9,12-15,17-18H,4,6,10-11,16H2,1-3,5H3,(H,26,27)/b8-7-,22-9+,24-17-. The molecule has 0 aromatic heterocycles. The van der Waals surface area contributed by atoms with Gasteiger partial charge in [0.15, 0.2) is 0 Å². The van der Waals surface area contributed by atoms with Crippen LogP contribution >= 0.6 is 0 Å². The van der Waals surface area contributed by atoms with Crippen molar-refractivity contribution >= 4 is 17.8 Å². The molecule has 0 aliphatic carbocycles. The quantitative estimate of drug-likeness (QED) is 0.317. The zero-order valence-electron chi connectivity index (χ0n) is 17.0. The first-order chi connectivity index (χ1) is 12.8. The molecule has 4 heteroatoms. The summed E-state index contributed by atoms with van der Waals surface area (Å²) in [6.45, 7) is 10.6. The van der Waals surface area contributed by atoms with Crippen LogP contribution in [-0.2, 0) is 11.2 Å². The summed E-state index contributed by atoms with van der Waals surface area (Å²) in [7, 11) is 1.94. The Labute approximate surface area is 163 Å². The summed E-state index contributed by atoms with van der Waals surface area (Å²) in [5.41, 5.74) is 3.64. The van der Waals surface area contributed by atoms with E-state index in [0.717, 1.165) is 41.7 Å². The van der Waals surface area contributed by atoms with E-state index in [4.69, 9.17) is 5.11 Å². The fourth-order valence-electron chi connectivity index (χ4n) is 2.47. The van der Waals surface area contributed by atoms with Gasteiger partial charge in [-0.25, -0.2) is 0 Å². The average Bonchev–Trinajstić information content (AvgIpc) is 2.62. The first-order valence-corrected chi connectivity index (χ1v) is 9.45. The third-order valence-corrected chi connectivity index (χ3v) is 4.02. The average molecular weight is 369 g/mol. The van der Waals surface area contributed by atoms with Gasteiger partial charge in [-0.2, -0.15) is 5.10 Å². The Bertz CT molecular complexity index is 698. The normalized spacial score (nSPS) is 12.3. The number of rotatable bonds is 11. The highest BCUT2D eigenvalue weighted by Crippen LogP contribution is 2.15. The molecular weight excluding hydrogens is 336 g/mol. The van der Waals surface area contributed by atoms with Gasteiger partial charge in [-0.15, -0.1) is 0 Å². The number of allylic oxidation sites excluding steroid dienone is 4. The van der Waals surface area contributed by atoms with Crippen molar-refractivity contribution in [1.29, 1.82) is 0 Å². The van der Waals surface area contributed by atoms with E-state index < -0.39 is 5.97 Å². The highest BCUT2D eigenvalue weighted by Gasteiger charge is 2.03. The maximum Gasteiger partial charge on any atom is 0.307 e. The molecule has 0 aliphatic heterocycles. The van der Waals surface area contributed by atoms with Crippen molar-refractivity contribution in [2.45, 2.75) is 46.5 Å². The minimum absolute atomic E-state index is 0.0269. The number of hydrazone groups is 1.